The fourth-order valence-corrected chi connectivity index (χ4v) is 4.72. The molecule has 3 aliphatic heterocycles. The first-order valence-electron chi connectivity index (χ1n) is 12.9. The van der Waals surface area contributed by atoms with E-state index in [0.29, 0.717) is 70.9 Å². The number of nitrogens with two attached hydrogens (primary N) is 1. The second-order valence-electron chi connectivity index (χ2n) is 9.46. The lowest BCUT2D eigenvalue weighted by atomic mass is 10.1. The van der Waals surface area contributed by atoms with Crippen molar-refractivity contribution in [2.75, 3.05) is 87.7 Å². The highest BCUT2D eigenvalue weighted by Gasteiger charge is 2.28. The minimum absolute atomic E-state index is 0.0133. The van der Waals surface area contributed by atoms with E-state index in [1.165, 1.54) is 6.20 Å². The van der Waals surface area contributed by atoms with Crippen LogP contribution in [0.1, 0.15) is 18.5 Å². The predicted molar refractivity (Wildman–Crippen MR) is 136 cm³/mol. The van der Waals surface area contributed by atoms with Crippen LogP contribution in [0.5, 0.6) is 0 Å². The van der Waals surface area contributed by atoms with Crippen molar-refractivity contribution in [3.05, 3.63) is 11.9 Å². The van der Waals surface area contributed by atoms with Crippen LogP contribution in [-0.2, 0) is 14.3 Å². The average molecular weight is 548 g/mol. The van der Waals surface area contributed by atoms with Crippen LogP contribution in [0.15, 0.2) is 6.20 Å². The molecule has 5 rings (SSSR count). The minimum Gasteiger partial charge on any atom is -0.378 e. The fraction of sp³-hybridized carbons (Fsp3) is 0.609. The molecule has 0 radical (unpaired) electrons. The Hall–Kier alpha value is -3.79. The zero-order valence-corrected chi connectivity index (χ0v) is 21.4. The summed E-state index contributed by atoms with van der Waals surface area (Å²) in [5.41, 5.74) is 4.96. The molecule has 0 bridgehead atoms. The SMILES string of the molecule is Nc1ncc(-c2nc(N3CCOCC3)nc(N3CCN(C(=O)CNC(=O)C4CCNC4)CC3)n2)c(C(F)F)n1. The molecule has 2 amide bonds. The van der Waals surface area contributed by atoms with Crippen LogP contribution in [0, 0.1) is 5.92 Å². The third-order valence-electron chi connectivity index (χ3n) is 6.95. The molecule has 0 saturated carbocycles. The third kappa shape index (κ3) is 6.27. The Labute approximate surface area is 223 Å². The number of hydrogen-bond acceptors (Lipinski definition) is 12. The van der Waals surface area contributed by atoms with Crippen LogP contribution in [-0.4, -0.2) is 114 Å². The van der Waals surface area contributed by atoms with Gasteiger partial charge in [-0.2, -0.15) is 15.0 Å². The number of alkyl halides is 2. The summed E-state index contributed by atoms with van der Waals surface area (Å²) in [4.78, 5) is 51.6. The number of halogens is 2. The molecule has 210 valence electrons. The molecule has 0 aromatic carbocycles. The van der Waals surface area contributed by atoms with Crippen molar-refractivity contribution in [2.45, 2.75) is 12.8 Å². The van der Waals surface area contributed by atoms with E-state index in [0.717, 1.165) is 13.0 Å². The molecule has 4 N–H and O–H groups in total. The number of rotatable bonds is 7. The van der Waals surface area contributed by atoms with E-state index in [-0.39, 0.29) is 41.6 Å². The van der Waals surface area contributed by atoms with Crippen LogP contribution in [0.2, 0.25) is 0 Å². The minimum atomic E-state index is -2.91. The largest absolute Gasteiger partial charge is 0.378 e. The average Bonchev–Trinajstić information content (AvgIpc) is 3.51. The molecule has 5 heterocycles. The zero-order valence-electron chi connectivity index (χ0n) is 21.4. The van der Waals surface area contributed by atoms with Gasteiger partial charge in [0.15, 0.2) is 5.82 Å². The summed E-state index contributed by atoms with van der Waals surface area (Å²) < 4.78 is 33.0. The second kappa shape index (κ2) is 11.9. The number of nitrogen functional groups attached to an aromatic ring is 1. The van der Waals surface area contributed by atoms with Crippen molar-refractivity contribution < 1.29 is 23.1 Å². The summed E-state index contributed by atoms with van der Waals surface area (Å²) in [6, 6.07) is 0. The lowest BCUT2D eigenvalue weighted by molar-refractivity contribution is -0.134. The van der Waals surface area contributed by atoms with Crippen molar-refractivity contribution in [1.82, 2.24) is 40.5 Å². The van der Waals surface area contributed by atoms with E-state index in [9.17, 15) is 18.4 Å². The lowest BCUT2D eigenvalue weighted by Crippen LogP contribution is -2.52. The molecule has 16 heteroatoms. The number of amides is 2. The number of aromatic nitrogens is 5. The summed E-state index contributed by atoms with van der Waals surface area (Å²) in [7, 11) is 0. The second-order valence-corrected chi connectivity index (χ2v) is 9.46. The van der Waals surface area contributed by atoms with Crippen molar-refractivity contribution in [3.63, 3.8) is 0 Å². The number of nitrogens with one attached hydrogen (secondary N) is 2. The van der Waals surface area contributed by atoms with Crippen molar-refractivity contribution in [2.24, 2.45) is 5.92 Å². The Bertz CT molecular complexity index is 1180. The van der Waals surface area contributed by atoms with E-state index < -0.39 is 12.1 Å². The molecular formula is C23H31F2N11O3. The molecule has 0 aliphatic carbocycles. The standard InChI is InChI=1S/C23H31F2N11O3/c24-18(25)17-15(12-29-21(26)30-17)19-31-22(33-23(32-19)36-7-9-39-10-8-36)35-5-3-34(4-6-35)16(37)13-28-20(38)14-1-2-27-11-14/h12,14,18,27H,1-11,13H2,(H,28,38)(H2,26,29,30). The zero-order chi connectivity index (χ0) is 27.4. The predicted octanol–water partition coefficient (Wildman–Crippen LogP) is -0.941. The normalized spacial score (nSPS) is 20.0. The molecule has 1 atom stereocenters. The first-order chi connectivity index (χ1) is 18.9. The van der Waals surface area contributed by atoms with Crippen LogP contribution < -0.4 is 26.2 Å². The maximum absolute atomic E-state index is 13.8. The van der Waals surface area contributed by atoms with E-state index in [1.54, 1.807) is 4.90 Å². The highest BCUT2D eigenvalue weighted by Crippen LogP contribution is 2.30. The first-order valence-corrected chi connectivity index (χ1v) is 12.9. The molecule has 14 nitrogen and oxygen atoms in total. The lowest BCUT2D eigenvalue weighted by Gasteiger charge is -2.35. The van der Waals surface area contributed by atoms with Crippen molar-refractivity contribution in [1.29, 1.82) is 0 Å². The highest BCUT2D eigenvalue weighted by molar-refractivity contribution is 5.86. The van der Waals surface area contributed by atoms with Gasteiger partial charge in [0.1, 0.15) is 5.69 Å². The van der Waals surface area contributed by atoms with Gasteiger partial charge < -0.3 is 35.8 Å². The quantitative estimate of drug-likeness (QED) is 0.390. The molecular weight excluding hydrogens is 516 g/mol. The Morgan fingerprint density at radius 3 is 2.38 bits per heavy atom. The number of carbonyl (C=O) groups excluding carboxylic acids is 2. The van der Waals surface area contributed by atoms with Gasteiger partial charge in [-0.25, -0.2) is 18.7 Å². The van der Waals surface area contributed by atoms with Gasteiger partial charge in [0, 0.05) is 52.0 Å². The first kappa shape index (κ1) is 26.8. The fourth-order valence-electron chi connectivity index (χ4n) is 4.72. The Morgan fingerprint density at radius 1 is 1.05 bits per heavy atom. The Kier molecular flexibility index (Phi) is 8.21. The van der Waals surface area contributed by atoms with Crippen LogP contribution in [0.4, 0.5) is 26.6 Å². The maximum Gasteiger partial charge on any atom is 0.281 e. The maximum atomic E-state index is 13.8. The van der Waals surface area contributed by atoms with E-state index >= 15 is 0 Å². The van der Waals surface area contributed by atoms with Crippen LogP contribution in [0.3, 0.4) is 0 Å². The van der Waals surface area contributed by atoms with Gasteiger partial charge in [-0.05, 0) is 13.0 Å². The summed E-state index contributed by atoms with van der Waals surface area (Å²) in [5.74, 6) is -0.0147. The molecule has 3 aliphatic rings. The van der Waals surface area contributed by atoms with Gasteiger partial charge >= 0.3 is 0 Å². The monoisotopic (exact) mass is 547 g/mol. The van der Waals surface area contributed by atoms with Gasteiger partial charge in [-0.3, -0.25) is 9.59 Å². The van der Waals surface area contributed by atoms with Crippen LogP contribution in [0.25, 0.3) is 11.4 Å². The number of nitrogens with zero attached hydrogens (tertiary/aromatic N) is 8. The number of morpholine rings is 1. The number of hydrogen-bond donors (Lipinski definition) is 3. The molecule has 39 heavy (non-hydrogen) atoms. The van der Waals surface area contributed by atoms with E-state index in [2.05, 4.69) is 35.6 Å². The Morgan fingerprint density at radius 2 is 1.74 bits per heavy atom. The highest BCUT2D eigenvalue weighted by atomic mass is 19.3. The summed E-state index contributed by atoms with van der Waals surface area (Å²) in [5, 5.41) is 5.88. The van der Waals surface area contributed by atoms with E-state index in [1.807, 2.05) is 9.80 Å². The van der Waals surface area contributed by atoms with Gasteiger partial charge in [0.2, 0.25) is 29.7 Å². The van der Waals surface area contributed by atoms with Gasteiger partial charge in [0.25, 0.3) is 6.43 Å². The van der Waals surface area contributed by atoms with Crippen molar-refractivity contribution >= 4 is 29.7 Å². The molecule has 3 fully saturated rings. The van der Waals surface area contributed by atoms with Gasteiger partial charge in [-0.15, -0.1) is 0 Å². The van der Waals surface area contributed by atoms with Gasteiger partial charge in [0.05, 0.1) is 31.2 Å². The topological polar surface area (TPSA) is 168 Å². The Balaban J connectivity index is 1.31. The summed E-state index contributed by atoms with van der Waals surface area (Å²) in [6.45, 7) is 5.02. The molecule has 2 aromatic heterocycles. The van der Waals surface area contributed by atoms with Gasteiger partial charge in [-0.1, -0.05) is 0 Å². The number of ether oxygens (including phenoxy) is 1. The smallest absolute Gasteiger partial charge is 0.281 e. The molecule has 0 spiro atoms. The number of piperazine rings is 1. The number of carbonyl (C=O) groups is 2. The molecule has 2 aromatic rings. The van der Waals surface area contributed by atoms with E-state index in [4.69, 9.17) is 10.5 Å². The summed E-state index contributed by atoms with van der Waals surface area (Å²) >= 11 is 0. The third-order valence-corrected chi connectivity index (χ3v) is 6.95. The summed E-state index contributed by atoms with van der Waals surface area (Å²) in [6.07, 6.45) is -0.948. The van der Waals surface area contributed by atoms with Crippen molar-refractivity contribution in [3.8, 4) is 11.4 Å². The van der Waals surface area contributed by atoms with Crippen LogP contribution >= 0.6 is 0 Å². The molecule has 3 saturated heterocycles. The number of anilines is 3. The molecule has 1 unspecified atom stereocenters.